The van der Waals surface area contributed by atoms with Crippen molar-refractivity contribution in [2.45, 2.75) is 107 Å². The van der Waals surface area contributed by atoms with E-state index >= 15 is 0 Å². The zero-order valence-corrected chi connectivity index (χ0v) is 28.3. The zero-order valence-electron chi connectivity index (χ0n) is 27.5. The maximum absolute atomic E-state index is 14.0. The highest BCUT2D eigenvalue weighted by Gasteiger charge is 2.33. The van der Waals surface area contributed by atoms with Gasteiger partial charge in [-0.25, -0.2) is 14.5 Å². The van der Waals surface area contributed by atoms with Gasteiger partial charge in [-0.2, -0.15) is 0 Å². The average Bonchev–Trinajstić information content (AvgIpc) is 3.70. The highest BCUT2D eigenvalue weighted by atomic mass is 32.2. The highest BCUT2D eigenvalue weighted by molar-refractivity contribution is 7.99. The number of hydrogen-bond donors (Lipinski definition) is 5. The van der Waals surface area contributed by atoms with E-state index in [2.05, 4.69) is 41.4 Å². The molecule has 1 aliphatic rings. The number of aromatic amines is 1. The number of carbonyl (C=O) groups is 3. The Morgan fingerprint density at radius 1 is 1.04 bits per heavy atom. The second-order valence-corrected chi connectivity index (χ2v) is 14.0. The number of amides is 3. The van der Waals surface area contributed by atoms with E-state index in [9.17, 15) is 19.5 Å². The van der Waals surface area contributed by atoms with Crippen LogP contribution in [0.25, 0.3) is 0 Å². The Labute approximate surface area is 279 Å². The van der Waals surface area contributed by atoms with Crippen molar-refractivity contribution in [2.75, 3.05) is 5.75 Å². The topological polar surface area (TPSA) is 189 Å². The molecule has 0 unspecified atom stereocenters. The molecule has 0 aliphatic heterocycles. The molecule has 1 aromatic carbocycles. The van der Waals surface area contributed by atoms with Gasteiger partial charge in [0.1, 0.15) is 17.7 Å². The number of benzene rings is 1. The Kier molecular flexibility index (Phi) is 13.2. The summed E-state index contributed by atoms with van der Waals surface area (Å²) in [7, 11) is 1.72. The average molecular weight is 670 g/mol. The van der Waals surface area contributed by atoms with E-state index in [4.69, 9.17) is 4.74 Å². The molecule has 0 spiro atoms. The number of H-pyrrole nitrogens is 1. The number of imidazole rings is 1. The molecule has 2 heterocycles. The summed E-state index contributed by atoms with van der Waals surface area (Å²) < 4.78 is 6.96. The molecule has 256 valence electrons. The summed E-state index contributed by atoms with van der Waals surface area (Å²) in [6.45, 7) is 5.22. The van der Waals surface area contributed by atoms with Gasteiger partial charge < -0.3 is 30.8 Å². The van der Waals surface area contributed by atoms with Crippen LogP contribution >= 0.6 is 11.8 Å². The lowest BCUT2D eigenvalue weighted by Crippen LogP contribution is -2.58. The lowest BCUT2D eigenvalue weighted by molar-refractivity contribution is -0.130. The van der Waals surface area contributed by atoms with Crippen LogP contribution < -0.4 is 16.0 Å². The Balaban J connectivity index is 1.52. The lowest BCUT2D eigenvalue weighted by atomic mass is 9.83. The van der Waals surface area contributed by atoms with Gasteiger partial charge in [0.25, 0.3) is 0 Å². The van der Waals surface area contributed by atoms with Crippen LogP contribution in [0, 0.1) is 5.92 Å². The number of aliphatic hydroxyl groups excluding tert-OH is 1. The normalized spacial score (nSPS) is 16.4. The van der Waals surface area contributed by atoms with Crippen LogP contribution in [0.1, 0.15) is 70.6 Å². The third-order valence-corrected chi connectivity index (χ3v) is 9.08. The minimum Gasteiger partial charge on any atom is -0.444 e. The molecule has 0 radical (unpaired) electrons. The van der Waals surface area contributed by atoms with Crippen molar-refractivity contribution in [1.29, 1.82) is 0 Å². The number of nitrogens with zero attached hydrogens (tertiary/aromatic N) is 5. The molecule has 1 fully saturated rings. The van der Waals surface area contributed by atoms with E-state index in [0.717, 1.165) is 31.2 Å². The largest absolute Gasteiger partial charge is 0.444 e. The van der Waals surface area contributed by atoms with Gasteiger partial charge in [0, 0.05) is 37.5 Å². The third-order valence-electron chi connectivity index (χ3n) is 7.97. The summed E-state index contributed by atoms with van der Waals surface area (Å²) in [6, 6.07) is 6.66. The fraction of sp³-hybridized carbons (Fsp3) is 0.594. The zero-order chi connectivity index (χ0) is 33.8. The summed E-state index contributed by atoms with van der Waals surface area (Å²) >= 11 is 1.31. The number of ether oxygens (including phenoxy) is 1. The minimum atomic E-state index is -1.03. The first-order chi connectivity index (χ1) is 22.5. The third kappa shape index (κ3) is 12.0. The van der Waals surface area contributed by atoms with Crippen molar-refractivity contribution in [1.82, 2.24) is 46.1 Å². The fourth-order valence-corrected chi connectivity index (χ4v) is 6.47. The smallest absolute Gasteiger partial charge is 0.408 e. The van der Waals surface area contributed by atoms with Crippen LogP contribution in [-0.2, 0) is 34.2 Å². The van der Waals surface area contributed by atoms with Gasteiger partial charge in [-0.3, -0.25) is 9.59 Å². The van der Waals surface area contributed by atoms with E-state index in [1.165, 1.54) is 29.2 Å². The van der Waals surface area contributed by atoms with Gasteiger partial charge in [-0.05, 0) is 49.1 Å². The lowest BCUT2D eigenvalue weighted by Gasteiger charge is -2.31. The highest BCUT2D eigenvalue weighted by Crippen LogP contribution is 2.29. The molecular formula is C32H47N9O5S. The second kappa shape index (κ2) is 17.3. The van der Waals surface area contributed by atoms with E-state index in [0.29, 0.717) is 23.2 Å². The Morgan fingerprint density at radius 2 is 1.74 bits per heavy atom. The molecule has 5 N–H and O–H groups in total. The van der Waals surface area contributed by atoms with E-state index in [-0.39, 0.29) is 18.6 Å². The maximum Gasteiger partial charge on any atom is 0.408 e. The van der Waals surface area contributed by atoms with Crippen molar-refractivity contribution in [3.8, 4) is 0 Å². The molecule has 1 aliphatic carbocycles. The molecule has 0 bridgehead atoms. The van der Waals surface area contributed by atoms with Crippen LogP contribution in [0.2, 0.25) is 0 Å². The molecule has 14 nitrogen and oxygen atoms in total. The number of hydrogen-bond acceptors (Lipinski definition) is 10. The summed E-state index contributed by atoms with van der Waals surface area (Å²) in [4.78, 5) is 47.7. The number of carbonyl (C=O) groups excluding carboxylic acids is 3. The predicted octanol–water partition coefficient (Wildman–Crippen LogP) is 2.70. The Morgan fingerprint density at radius 3 is 2.38 bits per heavy atom. The number of alkyl carbamates (subject to hydrolysis) is 1. The molecule has 3 amide bonds. The van der Waals surface area contributed by atoms with Crippen LogP contribution in [0.15, 0.2) is 48.0 Å². The SMILES string of the molecule is Cn1nnnc1SC[C@H](O)[C@H](CC1CCCCC1)NC(=O)[C@H](Cc1cnc[nH]1)NC(=O)[C@H](Cc1ccccc1)NC(=O)OC(C)(C)C. The van der Waals surface area contributed by atoms with Gasteiger partial charge in [0.05, 0.1) is 18.5 Å². The maximum atomic E-state index is 14.0. The molecule has 15 heteroatoms. The molecule has 4 rings (SSSR count). The van der Waals surface area contributed by atoms with Crippen molar-refractivity contribution < 1.29 is 24.2 Å². The first-order valence-electron chi connectivity index (χ1n) is 16.1. The number of aromatic nitrogens is 6. The molecule has 2 aromatic heterocycles. The molecule has 47 heavy (non-hydrogen) atoms. The van der Waals surface area contributed by atoms with Crippen molar-refractivity contribution in [2.24, 2.45) is 13.0 Å². The van der Waals surface area contributed by atoms with Crippen LogP contribution in [0.5, 0.6) is 0 Å². The van der Waals surface area contributed by atoms with Crippen LogP contribution in [0.4, 0.5) is 4.79 Å². The van der Waals surface area contributed by atoms with Crippen LogP contribution in [0.3, 0.4) is 0 Å². The first-order valence-corrected chi connectivity index (χ1v) is 17.1. The quantitative estimate of drug-likeness (QED) is 0.151. The molecular weight excluding hydrogens is 622 g/mol. The number of aliphatic hydroxyl groups is 1. The van der Waals surface area contributed by atoms with Gasteiger partial charge in [0.2, 0.25) is 17.0 Å². The summed E-state index contributed by atoms with van der Waals surface area (Å²) in [5.41, 5.74) is 0.695. The van der Waals surface area contributed by atoms with Crippen LogP contribution in [-0.4, -0.2) is 88.8 Å². The van der Waals surface area contributed by atoms with Crippen molar-refractivity contribution in [3.63, 3.8) is 0 Å². The molecule has 3 aromatic rings. The standard InChI is InChI=1S/C32H47N9O5S/c1-32(2,3)46-31(45)37-25(16-22-13-9-6-10-14-22)28(43)36-26(17-23-18-33-20-34-23)29(44)35-24(15-21-11-7-5-8-12-21)27(42)19-47-30-38-39-40-41(30)4/h6,9-10,13-14,18,20-21,24-27,42H,5,7-8,11-12,15-17,19H2,1-4H3,(H,33,34)(H,35,44)(H,36,43)(H,37,45)/t24-,25-,26-,27-/m0/s1. The summed E-state index contributed by atoms with van der Waals surface area (Å²) in [6.07, 6.45) is 7.84. The second-order valence-electron chi connectivity index (χ2n) is 13.0. The van der Waals surface area contributed by atoms with Crippen molar-refractivity contribution in [3.05, 3.63) is 54.1 Å². The monoisotopic (exact) mass is 669 g/mol. The van der Waals surface area contributed by atoms with E-state index in [1.807, 2.05) is 30.3 Å². The predicted molar refractivity (Wildman–Crippen MR) is 176 cm³/mol. The fourth-order valence-electron chi connectivity index (χ4n) is 5.60. The number of nitrogens with one attached hydrogen (secondary N) is 4. The molecule has 4 atom stereocenters. The number of tetrazole rings is 1. The number of thioether (sulfide) groups is 1. The minimum absolute atomic E-state index is 0.119. The van der Waals surface area contributed by atoms with Gasteiger partial charge >= 0.3 is 6.09 Å². The van der Waals surface area contributed by atoms with Gasteiger partial charge in [-0.15, -0.1) is 5.10 Å². The molecule has 0 saturated heterocycles. The molecule has 1 saturated carbocycles. The summed E-state index contributed by atoms with van der Waals surface area (Å²) in [5, 5.41) is 32.0. The summed E-state index contributed by atoms with van der Waals surface area (Å²) in [5.74, 6) is -0.371. The van der Waals surface area contributed by atoms with E-state index in [1.54, 1.807) is 34.0 Å². The van der Waals surface area contributed by atoms with E-state index < -0.39 is 47.7 Å². The first kappa shape index (κ1) is 35.9. The number of rotatable bonds is 15. The van der Waals surface area contributed by atoms with Gasteiger partial charge in [-0.1, -0.05) is 74.2 Å². The Bertz CT molecular complexity index is 1410. The Hall–Kier alpha value is -3.98. The van der Waals surface area contributed by atoms with Crippen molar-refractivity contribution >= 4 is 29.7 Å². The van der Waals surface area contributed by atoms with Gasteiger partial charge in [0.15, 0.2) is 0 Å². The number of aryl methyl sites for hydroxylation is 1.